The molecule has 1 atom stereocenters. The molecule has 0 radical (unpaired) electrons. The van der Waals surface area contributed by atoms with Crippen molar-refractivity contribution >= 4 is 28.9 Å². The number of pyridine rings is 1. The Morgan fingerprint density at radius 1 is 1.16 bits per heavy atom. The maximum Gasteiger partial charge on any atom is 0.239 e. The molecule has 2 aromatic rings. The van der Waals surface area contributed by atoms with E-state index in [-0.39, 0.29) is 10.9 Å². The molecule has 0 aliphatic heterocycles. The van der Waals surface area contributed by atoms with Crippen LogP contribution < -0.4 is 11.1 Å². The summed E-state index contributed by atoms with van der Waals surface area (Å²) in [6, 6.07) is 14.5. The molecular weight excluding hydrogens is 258 g/mol. The molecule has 96 valence electrons. The summed E-state index contributed by atoms with van der Waals surface area (Å²) in [6.07, 6.45) is 1.61. The van der Waals surface area contributed by atoms with Gasteiger partial charge >= 0.3 is 0 Å². The first-order chi connectivity index (χ1) is 9.18. The highest BCUT2D eigenvalue weighted by Gasteiger charge is 2.23. The monoisotopic (exact) mass is 271 g/mol. The fraction of sp³-hybridized carbons (Fsp3) is 0.0714. The van der Waals surface area contributed by atoms with Gasteiger partial charge in [-0.1, -0.05) is 48.6 Å². The summed E-state index contributed by atoms with van der Waals surface area (Å²) in [7, 11) is 0. The Morgan fingerprint density at radius 2 is 1.84 bits per heavy atom. The second-order valence-electron chi connectivity index (χ2n) is 3.95. The molecule has 0 aliphatic rings. The van der Waals surface area contributed by atoms with Gasteiger partial charge in [-0.05, 0) is 17.7 Å². The lowest BCUT2D eigenvalue weighted by molar-refractivity contribution is -0.116. The topological polar surface area (TPSA) is 68.0 Å². The molecule has 0 aliphatic carbocycles. The number of hydrogen-bond acceptors (Lipinski definition) is 3. The number of nitrogens with zero attached hydrogens (tertiary/aromatic N) is 1. The van der Waals surface area contributed by atoms with Crippen LogP contribution in [-0.2, 0) is 4.79 Å². The van der Waals surface area contributed by atoms with E-state index in [1.54, 1.807) is 24.4 Å². The zero-order chi connectivity index (χ0) is 13.7. The van der Waals surface area contributed by atoms with Gasteiger partial charge in [0.2, 0.25) is 5.91 Å². The molecule has 0 bridgehead atoms. The van der Waals surface area contributed by atoms with Crippen molar-refractivity contribution in [2.45, 2.75) is 5.92 Å². The number of rotatable bonds is 4. The number of nitrogens with one attached hydrogen (secondary N) is 1. The third-order valence-corrected chi connectivity index (χ3v) is 2.83. The van der Waals surface area contributed by atoms with E-state index in [0.717, 1.165) is 5.56 Å². The minimum atomic E-state index is -0.654. The lowest BCUT2D eigenvalue weighted by atomic mass is 9.98. The van der Waals surface area contributed by atoms with Crippen molar-refractivity contribution in [3.63, 3.8) is 0 Å². The molecule has 5 heteroatoms. The molecule has 0 saturated carbocycles. The molecule has 0 saturated heterocycles. The van der Waals surface area contributed by atoms with Crippen LogP contribution in [0.5, 0.6) is 0 Å². The van der Waals surface area contributed by atoms with Gasteiger partial charge in [-0.2, -0.15) is 0 Å². The molecule has 1 amide bonds. The average Bonchev–Trinajstić information content (AvgIpc) is 2.40. The quantitative estimate of drug-likeness (QED) is 0.836. The molecule has 0 fully saturated rings. The number of hydrogen-bond donors (Lipinski definition) is 2. The number of amides is 1. The summed E-state index contributed by atoms with van der Waals surface area (Å²) in [4.78, 5) is 16.4. The first-order valence-corrected chi connectivity index (χ1v) is 6.15. The van der Waals surface area contributed by atoms with E-state index < -0.39 is 5.92 Å². The molecule has 4 nitrogen and oxygen atoms in total. The summed E-state index contributed by atoms with van der Waals surface area (Å²) in [5.74, 6) is -0.458. The molecule has 1 aromatic carbocycles. The molecule has 1 heterocycles. The number of thiocarbonyl (C=S) groups is 1. The van der Waals surface area contributed by atoms with Crippen LogP contribution in [0.15, 0.2) is 54.7 Å². The summed E-state index contributed by atoms with van der Waals surface area (Å²) in [6.45, 7) is 0. The Morgan fingerprint density at radius 3 is 2.42 bits per heavy atom. The number of nitrogens with two attached hydrogens (primary N) is 1. The van der Waals surface area contributed by atoms with Gasteiger partial charge < -0.3 is 11.1 Å². The van der Waals surface area contributed by atoms with Crippen molar-refractivity contribution in [3.05, 3.63) is 60.3 Å². The SMILES string of the molecule is NC(=S)C(C(=O)Nc1ccccn1)c1ccccc1. The van der Waals surface area contributed by atoms with Gasteiger partial charge in [0.05, 0.1) is 4.99 Å². The van der Waals surface area contributed by atoms with Crippen LogP contribution in [0.3, 0.4) is 0 Å². The molecule has 3 N–H and O–H groups in total. The highest BCUT2D eigenvalue weighted by Crippen LogP contribution is 2.18. The lowest BCUT2D eigenvalue weighted by Crippen LogP contribution is -2.31. The number of benzene rings is 1. The summed E-state index contributed by atoms with van der Waals surface area (Å²) < 4.78 is 0. The third-order valence-electron chi connectivity index (χ3n) is 2.60. The maximum atomic E-state index is 12.2. The van der Waals surface area contributed by atoms with Gasteiger partial charge in [-0.25, -0.2) is 4.98 Å². The van der Waals surface area contributed by atoms with E-state index in [2.05, 4.69) is 10.3 Å². The van der Waals surface area contributed by atoms with Gasteiger partial charge in [0.25, 0.3) is 0 Å². The Kier molecular flexibility index (Phi) is 4.20. The van der Waals surface area contributed by atoms with Gasteiger partial charge in [-0.3, -0.25) is 4.79 Å². The van der Waals surface area contributed by atoms with Gasteiger partial charge in [0.15, 0.2) is 0 Å². The van der Waals surface area contributed by atoms with Gasteiger partial charge in [0.1, 0.15) is 11.7 Å². The van der Waals surface area contributed by atoms with Crippen molar-refractivity contribution in [2.75, 3.05) is 5.32 Å². The van der Waals surface area contributed by atoms with Crippen molar-refractivity contribution < 1.29 is 4.79 Å². The smallest absolute Gasteiger partial charge is 0.239 e. The van der Waals surface area contributed by atoms with Crippen molar-refractivity contribution in [2.24, 2.45) is 5.73 Å². The first-order valence-electron chi connectivity index (χ1n) is 5.74. The third kappa shape index (κ3) is 3.35. The normalized spacial score (nSPS) is 11.6. The number of carbonyl (C=O) groups is 1. The van der Waals surface area contributed by atoms with Crippen LogP contribution in [0.2, 0.25) is 0 Å². The van der Waals surface area contributed by atoms with E-state index >= 15 is 0 Å². The maximum absolute atomic E-state index is 12.2. The largest absolute Gasteiger partial charge is 0.392 e. The first kappa shape index (κ1) is 13.2. The van der Waals surface area contributed by atoms with E-state index in [0.29, 0.717) is 5.82 Å². The Labute approximate surface area is 116 Å². The Hall–Kier alpha value is -2.27. The highest BCUT2D eigenvalue weighted by atomic mass is 32.1. The van der Waals surface area contributed by atoms with Crippen LogP contribution >= 0.6 is 12.2 Å². The number of anilines is 1. The molecule has 2 rings (SSSR count). The van der Waals surface area contributed by atoms with Crippen LogP contribution in [0.25, 0.3) is 0 Å². The highest BCUT2D eigenvalue weighted by molar-refractivity contribution is 7.80. The van der Waals surface area contributed by atoms with Crippen molar-refractivity contribution in [3.8, 4) is 0 Å². The predicted octanol–water partition coefficient (Wildman–Crippen LogP) is 2.09. The standard InChI is InChI=1S/C14H13N3OS/c15-13(19)12(10-6-2-1-3-7-10)14(18)17-11-8-4-5-9-16-11/h1-9,12H,(H2,15,19)(H,16,17,18). The van der Waals surface area contributed by atoms with E-state index in [1.165, 1.54) is 0 Å². The summed E-state index contributed by atoms with van der Waals surface area (Å²) in [5.41, 5.74) is 6.44. The van der Waals surface area contributed by atoms with Gasteiger partial charge in [-0.15, -0.1) is 0 Å². The molecule has 0 spiro atoms. The summed E-state index contributed by atoms with van der Waals surface area (Å²) >= 11 is 4.99. The minimum Gasteiger partial charge on any atom is -0.392 e. The van der Waals surface area contributed by atoms with E-state index in [9.17, 15) is 4.79 Å². The lowest BCUT2D eigenvalue weighted by Gasteiger charge is -2.15. The zero-order valence-electron chi connectivity index (χ0n) is 10.1. The molecule has 1 unspecified atom stereocenters. The van der Waals surface area contributed by atoms with Crippen LogP contribution in [0.4, 0.5) is 5.82 Å². The Balaban J connectivity index is 2.21. The van der Waals surface area contributed by atoms with Crippen molar-refractivity contribution in [1.82, 2.24) is 4.98 Å². The fourth-order valence-electron chi connectivity index (χ4n) is 1.73. The second kappa shape index (κ2) is 6.06. The zero-order valence-corrected chi connectivity index (χ0v) is 10.9. The number of aromatic nitrogens is 1. The van der Waals surface area contributed by atoms with Crippen LogP contribution in [0, 0.1) is 0 Å². The van der Waals surface area contributed by atoms with Crippen LogP contribution in [-0.4, -0.2) is 15.9 Å². The molecular formula is C14H13N3OS. The van der Waals surface area contributed by atoms with E-state index in [1.807, 2.05) is 30.3 Å². The summed E-state index contributed by atoms with van der Waals surface area (Å²) in [5, 5.41) is 2.70. The average molecular weight is 271 g/mol. The molecule has 1 aromatic heterocycles. The predicted molar refractivity (Wildman–Crippen MR) is 78.8 cm³/mol. The van der Waals surface area contributed by atoms with Crippen molar-refractivity contribution in [1.29, 1.82) is 0 Å². The number of carbonyl (C=O) groups excluding carboxylic acids is 1. The fourth-order valence-corrected chi connectivity index (χ4v) is 1.97. The van der Waals surface area contributed by atoms with Gasteiger partial charge in [0, 0.05) is 6.20 Å². The Bertz CT molecular complexity index is 572. The molecule has 19 heavy (non-hydrogen) atoms. The minimum absolute atomic E-state index is 0.139. The van der Waals surface area contributed by atoms with E-state index in [4.69, 9.17) is 18.0 Å². The van der Waals surface area contributed by atoms with Crippen LogP contribution in [0.1, 0.15) is 11.5 Å². The second-order valence-corrected chi connectivity index (χ2v) is 4.42.